The second kappa shape index (κ2) is 12.1. The second-order valence-corrected chi connectivity index (χ2v) is 9.63. The van der Waals surface area contributed by atoms with Crippen molar-refractivity contribution in [2.45, 2.75) is 64.0 Å². The highest BCUT2D eigenvalue weighted by molar-refractivity contribution is 5.96. The van der Waals surface area contributed by atoms with Gasteiger partial charge in [-0.25, -0.2) is 23.7 Å². The summed E-state index contributed by atoms with van der Waals surface area (Å²) in [6.07, 6.45) is 4.91. The van der Waals surface area contributed by atoms with Gasteiger partial charge in [0.2, 0.25) is 17.8 Å². The van der Waals surface area contributed by atoms with Crippen LogP contribution in [0, 0.1) is 35.8 Å². The van der Waals surface area contributed by atoms with Crippen molar-refractivity contribution in [3.8, 4) is 6.07 Å². The molecule has 12 heteroatoms. The summed E-state index contributed by atoms with van der Waals surface area (Å²) in [5.41, 5.74) is 5.54. The molecule has 1 aliphatic heterocycles. The van der Waals surface area contributed by atoms with Crippen LogP contribution in [0.5, 0.6) is 0 Å². The number of rotatable bonds is 6. The number of nitrogens with one attached hydrogen (secondary N) is 2. The highest BCUT2D eigenvalue weighted by Crippen LogP contribution is 2.39. The van der Waals surface area contributed by atoms with Gasteiger partial charge in [-0.2, -0.15) is 5.26 Å². The monoisotopic (exact) mass is 526 g/mol. The number of aromatic nitrogens is 2. The normalized spacial score (nSPS) is 22.3. The number of amides is 1. The lowest BCUT2D eigenvalue weighted by atomic mass is 9.85. The third kappa shape index (κ3) is 6.16. The first-order chi connectivity index (χ1) is 18.3. The Labute approximate surface area is 220 Å². The summed E-state index contributed by atoms with van der Waals surface area (Å²) in [4.78, 5) is 25.1. The van der Waals surface area contributed by atoms with Crippen LogP contribution in [-0.4, -0.2) is 47.4 Å². The van der Waals surface area contributed by atoms with Gasteiger partial charge in [0.1, 0.15) is 11.5 Å². The van der Waals surface area contributed by atoms with Crippen LogP contribution in [0.25, 0.3) is 0 Å². The lowest BCUT2D eigenvalue weighted by Crippen LogP contribution is -2.29. The fourth-order valence-electron chi connectivity index (χ4n) is 5.04. The number of benzene rings is 1. The molecule has 4 N–H and O–H groups in total. The Balaban J connectivity index is 1.70. The standard InChI is InChI=1S/C26H32F2N8O2/c1-15-24(35-25(31-2)33-18-4-3-10-38-11-9-18)36(19-7-5-17(6-8-19)23(30)37)26(32-15)34-22-20(27)12-16(14-29)13-21(22)28/h12-13,17-19H,2-11H2,1H3,(H2,30,37)(H,32,34)(H,33,35). The number of imidazole rings is 1. The molecule has 1 saturated heterocycles. The van der Waals surface area contributed by atoms with Gasteiger partial charge < -0.3 is 21.1 Å². The van der Waals surface area contributed by atoms with Gasteiger partial charge in [-0.15, -0.1) is 0 Å². The number of nitrogens with zero attached hydrogens (tertiary/aromatic N) is 5. The molecule has 1 aromatic heterocycles. The largest absolute Gasteiger partial charge is 0.381 e. The number of halogens is 2. The summed E-state index contributed by atoms with van der Waals surface area (Å²) in [6.45, 7) is 6.75. The number of aliphatic imine (C=N–C) groups is 2. The molecule has 202 valence electrons. The van der Waals surface area contributed by atoms with E-state index in [1.807, 2.05) is 4.57 Å². The van der Waals surface area contributed by atoms with E-state index in [0.29, 0.717) is 56.4 Å². The van der Waals surface area contributed by atoms with Crippen molar-refractivity contribution in [2.75, 3.05) is 23.8 Å². The second-order valence-electron chi connectivity index (χ2n) is 9.63. The van der Waals surface area contributed by atoms with Crippen molar-refractivity contribution in [3.63, 3.8) is 0 Å². The van der Waals surface area contributed by atoms with E-state index in [9.17, 15) is 13.6 Å². The quantitative estimate of drug-likeness (QED) is 0.377. The van der Waals surface area contributed by atoms with Gasteiger partial charge in [0, 0.05) is 25.2 Å². The molecular weight excluding hydrogens is 494 g/mol. The number of guanidine groups is 1. The van der Waals surface area contributed by atoms with Crippen LogP contribution in [0.15, 0.2) is 22.1 Å². The predicted molar refractivity (Wildman–Crippen MR) is 141 cm³/mol. The van der Waals surface area contributed by atoms with E-state index in [4.69, 9.17) is 20.7 Å². The molecule has 0 spiro atoms. The Morgan fingerprint density at radius 2 is 1.92 bits per heavy atom. The molecular formula is C26H32F2N8O2. The number of ether oxygens (including phenoxy) is 1. The summed E-state index contributed by atoms with van der Waals surface area (Å²) < 4.78 is 36.9. The molecule has 1 aliphatic carbocycles. The van der Waals surface area contributed by atoms with E-state index in [2.05, 4.69) is 27.3 Å². The maximum Gasteiger partial charge on any atom is 0.223 e. The minimum absolute atomic E-state index is 0.0209. The van der Waals surface area contributed by atoms with Crippen LogP contribution in [-0.2, 0) is 9.53 Å². The van der Waals surface area contributed by atoms with Gasteiger partial charge in [-0.3, -0.25) is 9.36 Å². The number of primary amides is 1. The zero-order chi connectivity index (χ0) is 27.2. The highest BCUT2D eigenvalue weighted by Gasteiger charge is 2.30. The number of hydrogen-bond donors (Lipinski definition) is 3. The van der Waals surface area contributed by atoms with Gasteiger partial charge in [0.05, 0.1) is 23.4 Å². The molecule has 0 radical (unpaired) electrons. The molecule has 2 heterocycles. The first-order valence-corrected chi connectivity index (χ1v) is 12.7. The summed E-state index contributed by atoms with van der Waals surface area (Å²) in [5.74, 6) is -1.29. The van der Waals surface area contributed by atoms with E-state index in [-0.39, 0.29) is 35.4 Å². The van der Waals surface area contributed by atoms with Crippen molar-refractivity contribution >= 4 is 36.0 Å². The SMILES string of the molecule is C=NC(=NC1CCCOCC1)Nc1c(C)nc(Nc2c(F)cc(C#N)cc2F)n1C1CCC(C(N)=O)CC1. The number of nitriles is 1. The molecule has 2 fully saturated rings. The summed E-state index contributed by atoms with van der Waals surface area (Å²) in [6, 6.07) is 3.55. The lowest BCUT2D eigenvalue weighted by Gasteiger charge is -2.30. The number of carbonyl (C=O) groups is 1. The van der Waals surface area contributed by atoms with E-state index in [1.165, 1.54) is 0 Å². The first kappa shape index (κ1) is 27.2. The Bertz CT molecular complexity index is 1230. The molecule has 1 atom stereocenters. The zero-order valence-electron chi connectivity index (χ0n) is 21.3. The Morgan fingerprint density at radius 1 is 1.21 bits per heavy atom. The van der Waals surface area contributed by atoms with Crippen molar-refractivity contribution in [2.24, 2.45) is 21.6 Å². The van der Waals surface area contributed by atoms with Crippen molar-refractivity contribution in [3.05, 3.63) is 35.0 Å². The Kier molecular flexibility index (Phi) is 8.68. The third-order valence-corrected chi connectivity index (χ3v) is 7.06. The van der Waals surface area contributed by atoms with E-state index >= 15 is 0 Å². The smallest absolute Gasteiger partial charge is 0.223 e. The number of carbonyl (C=O) groups excluding carboxylic acids is 1. The highest BCUT2D eigenvalue weighted by atomic mass is 19.1. The van der Waals surface area contributed by atoms with Crippen LogP contribution >= 0.6 is 0 Å². The lowest BCUT2D eigenvalue weighted by molar-refractivity contribution is -0.122. The molecule has 1 unspecified atom stereocenters. The van der Waals surface area contributed by atoms with Crippen LogP contribution in [0.3, 0.4) is 0 Å². The first-order valence-electron chi connectivity index (χ1n) is 12.7. The molecule has 1 aromatic carbocycles. The number of hydrogen-bond acceptors (Lipinski definition) is 6. The fraction of sp³-hybridized carbons (Fsp3) is 0.500. The minimum atomic E-state index is -0.911. The van der Waals surface area contributed by atoms with Crippen molar-refractivity contribution < 1.29 is 18.3 Å². The van der Waals surface area contributed by atoms with E-state index in [0.717, 1.165) is 31.4 Å². The van der Waals surface area contributed by atoms with Crippen molar-refractivity contribution in [1.82, 2.24) is 9.55 Å². The maximum atomic E-state index is 14.8. The van der Waals surface area contributed by atoms with Crippen molar-refractivity contribution in [1.29, 1.82) is 5.26 Å². The van der Waals surface area contributed by atoms with Gasteiger partial charge in [0.15, 0.2) is 11.6 Å². The van der Waals surface area contributed by atoms with Crippen LogP contribution in [0.1, 0.15) is 62.2 Å². The van der Waals surface area contributed by atoms with Gasteiger partial charge in [-0.1, -0.05) is 0 Å². The number of nitrogens with two attached hydrogens (primary N) is 1. The zero-order valence-corrected chi connectivity index (χ0v) is 21.3. The Morgan fingerprint density at radius 3 is 2.55 bits per heavy atom. The topological polar surface area (TPSA) is 143 Å². The molecule has 38 heavy (non-hydrogen) atoms. The van der Waals surface area contributed by atoms with E-state index in [1.54, 1.807) is 13.0 Å². The molecule has 4 rings (SSSR count). The van der Waals surface area contributed by atoms with Gasteiger partial charge in [-0.05, 0) is 70.7 Å². The van der Waals surface area contributed by atoms with Crippen LogP contribution in [0.2, 0.25) is 0 Å². The predicted octanol–water partition coefficient (Wildman–Crippen LogP) is 4.34. The number of aryl methyl sites for hydroxylation is 1. The molecule has 2 aliphatic rings. The van der Waals surface area contributed by atoms with Gasteiger partial charge in [0.25, 0.3) is 0 Å². The number of anilines is 3. The summed E-state index contributed by atoms with van der Waals surface area (Å²) in [7, 11) is 0. The fourth-order valence-corrected chi connectivity index (χ4v) is 5.04. The summed E-state index contributed by atoms with van der Waals surface area (Å²) >= 11 is 0. The summed E-state index contributed by atoms with van der Waals surface area (Å²) in [5, 5.41) is 15.1. The minimum Gasteiger partial charge on any atom is -0.381 e. The molecule has 10 nitrogen and oxygen atoms in total. The molecule has 2 aromatic rings. The van der Waals surface area contributed by atoms with E-state index < -0.39 is 17.3 Å². The Hall–Kier alpha value is -3.85. The molecule has 1 saturated carbocycles. The molecule has 1 amide bonds. The van der Waals surface area contributed by atoms with Crippen LogP contribution < -0.4 is 16.4 Å². The average molecular weight is 527 g/mol. The average Bonchev–Trinajstić information content (AvgIpc) is 3.04. The molecule has 0 bridgehead atoms. The van der Waals surface area contributed by atoms with Crippen LogP contribution in [0.4, 0.5) is 26.2 Å². The third-order valence-electron chi connectivity index (χ3n) is 7.06. The van der Waals surface area contributed by atoms with Gasteiger partial charge >= 0.3 is 0 Å². The maximum absolute atomic E-state index is 14.8.